The first-order chi connectivity index (χ1) is 14.7. The van der Waals surface area contributed by atoms with E-state index in [4.69, 9.17) is 9.47 Å². The topological polar surface area (TPSA) is 54.9 Å². The van der Waals surface area contributed by atoms with Crippen LogP contribution in [0.3, 0.4) is 0 Å². The normalized spacial score (nSPS) is 20.7. The molecule has 2 aromatic rings. The minimum Gasteiger partial charge on any atom is -0.497 e. The summed E-state index contributed by atoms with van der Waals surface area (Å²) in [6.45, 7) is 6.18. The molecule has 6 nitrogen and oxygen atoms in total. The number of amides is 1. The van der Waals surface area contributed by atoms with Crippen molar-refractivity contribution in [3.63, 3.8) is 0 Å². The molecular weight excluding hydrogens is 378 g/mol. The Labute approximate surface area is 179 Å². The number of piperidine rings is 1. The highest BCUT2D eigenvalue weighted by Gasteiger charge is 2.38. The lowest BCUT2D eigenvalue weighted by Gasteiger charge is -2.35. The Morgan fingerprint density at radius 1 is 1.17 bits per heavy atom. The molecule has 2 fully saturated rings. The summed E-state index contributed by atoms with van der Waals surface area (Å²) in [7, 11) is 1.66. The fourth-order valence-electron chi connectivity index (χ4n) is 4.71. The third-order valence-electron chi connectivity index (χ3n) is 6.50. The van der Waals surface area contributed by atoms with Crippen LogP contribution >= 0.6 is 0 Å². The number of ether oxygens (including phenoxy) is 2. The molecule has 0 saturated carbocycles. The van der Waals surface area contributed by atoms with Gasteiger partial charge in [-0.3, -0.25) is 4.98 Å². The van der Waals surface area contributed by atoms with E-state index in [1.54, 1.807) is 13.3 Å². The molecule has 3 heterocycles. The molecule has 0 radical (unpaired) electrons. The van der Waals surface area contributed by atoms with E-state index in [-0.39, 0.29) is 18.2 Å². The van der Waals surface area contributed by atoms with Gasteiger partial charge in [-0.15, -0.1) is 0 Å². The van der Waals surface area contributed by atoms with Gasteiger partial charge in [-0.1, -0.05) is 26.2 Å². The zero-order valence-corrected chi connectivity index (χ0v) is 18.2. The number of carbonyl (C=O) groups is 1. The van der Waals surface area contributed by atoms with Crippen molar-refractivity contribution < 1.29 is 14.3 Å². The molecule has 1 unspecified atom stereocenters. The van der Waals surface area contributed by atoms with Gasteiger partial charge in [-0.2, -0.15) is 0 Å². The van der Waals surface area contributed by atoms with Gasteiger partial charge >= 0.3 is 6.09 Å². The van der Waals surface area contributed by atoms with E-state index in [9.17, 15) is 4.79 Å². The molecule has 2 saturated heterocycles. The van der Waals surface area contributed by atoms with Crippen LogP contribution in [0.15, 0.2) is 30.5 Å². The predicted molar refractivity (Wildman–Crippen MR) is 118 cm³/mol. The molecule has 0 bridgehead atoms. The summed E-state index contributed by atoms with van der Waals surface area (Å²) in [5, 5.41) is 0.985. The molecule has 6 heteroatoms. The zero-order chi connectivity index (χ0) is 20.9. The van der Waals surface area contributed by atoms with Gasteiger partial charge in [-0.05, 0) is 50.1 Å². The fraction of sp³-hybridized carbons (Fsp3) is 0.583. The predicted octanol–water partition coefficient (Wildman–Crippen LogP) is 4.78. The van der Waals surface area contributed by atoms with Gasteiger partial charge in [0.15, 0.2) is 0 Å². The van der Waals surface area contributed by atoms with E-state index in [1.165, 1.54) is 32.2 Å². The van der Waals surface area contributed by atoms with E-state index < -0.39 is 0 Å². The Morgan fingerprint density at radius 3 is 2.77 bits per heavy atom. The van der Waals surface area contributed by atoms with Crippen LogP contribution < -0.4 is 4.74 Å². The number of hydrogen-bond donors (Lipinski definition) is 0. The average molecular weight is 412 g/mol. The molecule has 2 aliphatic heterocycles. The van der Waals surface area contributed by atoms with Gasteiger partial charge < -0.3 is 19.3 Å². The van der Waals surface area contributed by atoms with Gasteiger partial charge in [0.05, 0.1) is 19.2 Å². The van der Waals surface area contributed by atoms with Crippen LogP contribution in [0.1, 0.15) is 57.1 Å². The molecule has 0 spiro atoms. The number of aromatic nitrogens is 1. The largest absolute Gasteiger partial charge is 0.497 e. The average Bonchev–Trinajstić information content (AvgIpc) is 3.17. The number of methoxy groups -OCH3 is 1. The molecule has 1 atom stereocenters. The van der Waals surface area contributed by atoms with Crippen LogP contribution in [0.5, 0.6) is 5.75 Å². The number of nitrogens with zero attached hydrogens (tertiary/aromatic N) is 3. The van der Waals surface area contributed by atoms with E-state index in [1.807, 2.05) is 29.2 Å². The van der Waals surface area contributed by atoms with Crippen molar-refractivity contribution in [1.82, 2.24) is 14.8 Å². The zero-order valence-electron chi connectivity index (χ0n) is 18.2. The van der Waals surface area contributed by atoms with Gasteiger partial charge in [0, 0.05) is 36.3 Å². The Bertz CT molecular complexity index is 864. The standard InChI is InChI=1S/C24H33N3O3/c1-3-4-5-6-13-26-14-10-18(11-15-26)27-17-23(30-24(27)28)20-9-12-25-22-8-7-19(29-2)16-21(20)22/h7-9,12,16,18,23H,3-6,10-11,13-15,17H2,1-2H3. The monoisotopic (exact) mass is 411 g/mol. The molecular formula is C24H33N3O3. The SMILES string of the molecule is CCCCCCN1CCC(N2CC(c3ccnc4ccc(OC)cc34)OC2=O)CC1. The van der Waals surface area contributed by atoms with Gasteiger partial charge in [-0.25, -0.2) is 4.79 Å². The van der Waals surface area contributed by atoms with Crippen molar-refractivity contribution in [2.75, 3.05) is 33.3 Å². The second-order valence-corrected chi connectivity index (χ2v) is 8.44. The van der Waals surface area contributed by atoms with Gasteiger partial charge in [0.1, 0.15) is 11.9 Å². The molecule has 0 aliphatic carbocycles. The fourth-order valence-corrected chi connectivity index (χ4v) is 4.71. The highest BCUT2D eigenvalue weighted by molar-refractivity contribution is 5.84. The highest BCUT2D eigenvalue weighted by Crippen LogP contribution is 2.34. The summed E-state index contributed by atoms with van der Waals surface area (Å²) in [5.74, 6) is 0.782. The van der Waals surface area contributed by atoms with Crippen LogP contribution in [-0.4, -0.2) is 60.2 Å². The maximum absolute atomic E-state index is 12.7. The van der Waals surface area contributed by atoms with Crippen molar-refractivity contribution in [3.8, 4) is 5.75 Å². The Kier molecular flexibility index (Phi) is 6.72. The number of likely N-dealkylation sites (tertiary alicyclic amines) is 1. The summed E-state index contributed by atoms with van der Waals surface area (Å²) < 4.78 is 11.2. The molecule has 1 amide bonds. The van der Waals surface area contributed by atoms with E-state index >= 15 is 0 Å². The lowest BCUT2D eigenvalue weighted by atomic mass is 10.0. The number of hydrogen-bond acceptors (Lipinski definition) is 5. The highest BCUT2D eigenvalue weighted by atomic mass is 16.6. The molecule has 1 aromatic carbocycles. The van der Waals surface area contributed by atoms with E-state index in [0.717, 1.165) is 48.1 Å². The molecule has 162 valence electrons. The second kappa shape index (κ2) is 9.65. The Balaban J connectivity index is 1.39. The summed E-state index contributed by atoms with van der Waals surface area (Å²) in [5.41, 5.74) is 1.89. The van der Waals surface area contributed by atoms with Crippen molar-refractivity contribution in [2.45, 2.75) is 57.6 Å². The van der Waals surface area contributed by atoms with Gasteiger partial charge in [0.2, 0.25) is 0 Å². The van der Waals surface area contributed by atoms with Crippen LogP contribution in [0.25, 0.3) is 10.9 Å². The molecule has 4 rings (SSSR count). The molecule has 1 aromatic heterocycles. The summed E-state index contributed by atoms with van der Waals surface area (Å²) in [6.07, 6.45) is 8.61. The van der Waals surface area contributed by atoms with E-state index in [0.29, 0.717) is 6.54 Å². The minimum atomic E-state index is -0.262. The number of rotatable bonds is 8. The van der Waals surface area contributed by atoms with E-state index in [2.05, 4.69) is 16.8 Å². The maximum Gasteiger partial charge on any atom is 0.410 e. The molecule has 2 aliphatic rings. The van der Waals surface area contributed by atoms with Crippen LogP contribution in [0, 0.1) is 0 Å². The Morgan fingerprint density at radius 2 is 2.00 bits per heavy atom. The van der Waals surface area contributed by atoms with Crippen LogP contribution in [-0.2, 0) is 4.74 Å². The van der Waals surface area contributed by atoms with Crippen LogP contribution in [0.2, 0.25) is 0 Å². The number of fused-ring (bicyclic) bond motifs is 1. The quantitative estimate of drug-likeness (QED) is 0.585. The number of pyridine rings is 1. The Hall–Kier alpha value is -2.34. The smallest absolute Gasteiger partial charge is 0.410 e. The number of unbranched alkanes of at least 4 members (excludes halogenated alkanes) is 3. The summed E-state index contributed by atoms with van der Waals surface area (Å²) in [4.78, 5) is 21.6. The first kappa shape index (κ1) is 20.9. The summed E-state index contributed by atoms with van der Waals surface area (Å²) >= 11 is 0. The van der Waals surface area contributed by atoms with Crippen molar-refractivity contribution in [2.24, 2.45) is 0 Å². The maximum atomic E-state index is 12.7. The third kappa shape index (κ3) is 4.53. The first-order valence-corrected chi connectivity index (χ1v) is 11.3. The number of benzene rings is 1. The molecule has 30 heavy (non-hydrogen) atoms. The lowest BCUT2D eigenvalue weighted by Crippen LogP contribution is -2.45. The first-order valence-electron chi connectivity index (χ1n) is 11.3. The number of carbonyl (C=O) groups excluding carboxylic acids is 1. The third-order valence-corrected chi connectivity index (χ3v) is 6.50. The van der Waals surface area contributed by atoms with Crippen molar-refractivity contribution in [1.29, 1.82) is 0 Å². The van der Waals surface area contributed by atoms with Crippen molar-refractivity contribution >= 4 is 17.0 Å². The molecule has 0 N–H and O–H groups in total. The second-order valence-electron chi connectivity index (χ2n) is 8.44. The van der Waals surface area contributed by atoms with Crippen LogP contribution in [0.4, 0.5) is 4.79 Å². The van der Waals surface area contributed by atoms with Gasteiger partial charge in [0.25, 0.3) is 0 Å². The lowest BCUT2D eigenvalue weighted by molar-refractivity contribution is 0.111. The minimum absolute atomic E-state index is 0.186. The number of cyclic esters (lactones) is 1. The summed E-state index contributed by atoms with van der Waals surface area (Å²) in [6, 6.07) is 8.06. The van der Waals surface area contributed by atoms with Crippen molar-refractivity contribution in [3.05, 3.63) is 36.0 Å².